The number of nitrogens with one attached hydrogen (secondary N) is 2. The highest BCUT2D eigenvalue weighted by Crippen LogP contribution is 2.32. The van der Waals surface area contributed by atoms with E-state index in [-0.39, 0.29) is 17.4 Å². The first-order chi connectivity index (χ1) is 12.3. The van der Waals surface area contributed by atoms with E-state index in [9.17, 15) is 9.82 Å². The van der Waals surface area contributed by atoms with E-state index in [4.69, 9.17) is 4.65 Å². The van der Waals surface area contributed by atoms with Crippen LogP contribution in [0, 0.1) is 12.3 Å². The van der Waals surface area contributed by atoms with E-state index >= 15 is 0 Å². The van der Waals surface area contributed by atoms with Crippen molar-refractivity contribution < 1.29 is 14.5 Å². The molecule has 5 nitrogen and oxygen atoms in total. The van der Waals surface area contributed by atoms with Gasteiger partial charge in [0.2, 0.25) is 0 Å². The van der Waals surface area contributed by atoms with Gasteiger partial charge >= 0.3 is 7.12 Å². The molecule has 6 heteroatoms. The maximum Gasteiger partial charge on any atom is 0.491 e. The van der Waals surface area contributed by atoms with Crippen LogP contribution in [0.1, 0.15) is 53.9 Å². The summed E-state index contributed by atoms with van der Waals surface area (Å²) in [6.07, 6.45) is 0. The summed E-state index contributed by atoms with van der Waals surface area (Å²) in [4.78, 5) is 12.7. The maximum absolute atomic E-state index is 12.7. The SMILES string of the molecule is Cc1c(C(=O)NNC(c2ccccc2)C(C)(C)C)ccc2c1COB2O. The van der Waals surface area contributed by atoms with Crippen molar-refractivity contribution in [3.05, 3.63) is 64.7 Å². The summed E-state index contributed by atoms with van der Waals surface area (Å²) < 4.78 is 5.25. The summed E-state index contributed by atoms with van der Waals surface area (Å²) in [5, 5.41) is 9.79. The van der Waals surface area contributed by atoms with Gasteiger partial charge in [0.1, 0.15) is 0 Å². The van der Waals surface area contributed by atoms with E-state index in [1.165, 1.54) is 0 Å². The van der Waals surface area contributed by atoms with Gasteiger partial charge < -0.3 is 9.68 Å². The number of rotatable bonds is 4. The number of hydrazine groups is 1. The first kappa shape index (κ1) is 18.6. The molecule has 1 heterocycles. The number of amides is 1. The Hall–Kier alpha value is -2.15. The van der Waals surface area contributed by atoms with Crippen LogP contribution < -0.4 is 16.3 Å². The maximum atomic E-state index is 12.7. The van der Waals surface area contributed by atoms with Crippen LogP contribution >= 0.6 is 0 Å². The van der Waals surface area contributed by atoms with E-state index in [0.717, 1.165) is 22.2 Å². The molecule has 1 aliphatic heterocycles. The lowest BCUT2D eigenvalue weighted by atomic mass is 9.77. The standard InChI is InChI=1S/C20H25BN2O3/c1-13-15(10-11-17-16(13)12-26-21(17)25)19(24)23-22-18(20(2,3)4)14-8-6-5-7-9-14/h5-11,18,22,25H,12H2,1-4H3,(H,23,24). The van der Waals surface area contributed by atoms with Crippen LogP contribution in [0.2, 0.25) is 0 Å². The van der Waals surface area contributed by atoms with E-state index < -0.39 is 7.12 Å². The largest absolute Gasteiger partial charge is 0.491 e. The molecule has 136 valence electrons. The van der Waals surface area contributed by atoms with Gasteiger partial charge in [-0.25, -0.2) is 5.43 Å². The molecule has 1 amide bonds. The summed E-state index contributed by atoms with van der Waals surface area (Å²) in [7, 11) is -0.901. The van der Waals surface area contributed by atoms with Gasteiger partial charge in [0.15, 0.2) is 0 Å². The van der Waals surface area contributed by atoms with Gasteiger partial charge in [-0.3, -0.25) is 10.2 Å². The van der Waals surface area contributed by atoms with Gasteiger partial charge in [-0.1, -0.05) is 57.2 Å². The molecule has 3 rings (SSSR count). The highest BCUT2D eigenvalue weighted by molar-refractivity contribution is 6.61. The molecule has 0 saturated carbocycles. The second-order valence-corrected chi connectivity index (χ2v) is 7.78. The number of carbonyl (C=O) groups excluding carboxylic acids is 1. The molecular formula is C20H25BN2O3. The quantitative estimate of drug-likeness (QED) is 0.583. The zero-order valence-corrected chi connectivity index (χ0v) is 15.7. The van der Waals surface area contributed by atoms with E-state index in [0.29, 0.717) is 12.2 Å². The van der Waals surface area contributed by atoms with Crippen LogP contribution in [0.25, 0.3) is 0 Å². The minimum absolute atomic E-state index is 0.0347. The third-order valence-corrected chi connectivity index (χ3v) is 4.86. The molecule has 1 atom stereocenters. The second-order valence-electron chi connectivity index (χ2n) is 7.78. The van der Waals surface area contributed by atoms with Crippen LogP contribution in [-0.4, -0.2) is 18.0 Å². The molecule has 0 spiro atoms. The molecule has 0 aromatic heterocycles. The van der Waals surface area contributed by atoms with Gasteiger partial charge in [0.05, 0.1) is 12.6 Å². The molecular weight excluding hydrogens is 327 g/mol. The minimum Gasteiger partial charge on any atom is -0.423 e. The van der Waals surface area contributed by atoms with Crippen molar-refractivity contribution in [1.82, 2.24) is 10.9 Å². The highest BCUT2D eigenvalue weighted by atomic mass is 16.5. The fraction of sp³-hybridized carbons (Fsp3) is 0.350. The highest BCUT2D eigenvalue weighted by Gasteiger charge is 2.31. The Morgan fingerprint density at radius 2 is 1.88 bits per heavy atom. The van der Waals surface area contributed by atoms with Crippen LogP contribution in [0.5, 0.6) is 0 Å². The topological polar surface area (TPSA) is 70.6 Å². The lowest BCUT2D eigenvalue weighted by Gasteiger charge is -2.32. The number of carbonyl (C=O) groups is 1. The molecule has 0 fully saturated rings. The predicted molar refractivity (Wildman–Crippen MR) is 103 cm³/mol. The van der Waals surface area contributed by atoms with Crippen LogP contribution in [-0.2, 0) is 11.3 Å². The van der Waals surface area contributed by atoms with Crippen molar-refractivity contribution in [3.63, 3.8) is 0 Å². The van der Waals surface area contributed by atoms with Crippen LogP contribution in [0.3, 0.4) is 0 Å². The van der Waals surface area contributed by atoms with E-state index in [1.54, 1.807) is 12.1 Å². The lowest BCUT2D eigenvalue weighted by Crippen LogP contribution is -2.45. The normalized spacial score (nSPS) is 14.9. The monoisotopic (exact) mass is 352 g/mol. The average molecular weight is 352 g/mol. The zero-order chi connectivity index (χ0) is 18.9. The number of benzene rings is 2. The molecule has 2 aromatic rings. The molecule has 3 N–H and O–H groups in total. The molecule has 1 aliphatic rings. The van der Waals surface area contributed by atoms with Crippen LogP contribution in [0.15, 0.2) is 42.5 Å². The van der Waals surface area contributed by atoms with Crippen LogP contribution in [0.4, 0.5) is 0 Å². The van der Waals surface area contributed by atoms with Gasteiger partial charge in [0.25, 0.3) is 5.91 Å². The summed E-state index contributed by atoms with van der Waals surface area (Å²) in [5.74, 6) is -0.197. The molecule has 26 heavy (non-hydrogen) atoms. The second kappa shape index (κ2) is 7.23. The third-order valence-electron chi connectivity index (χ3n) is 4.86. The fourth-order valence-corrected chi connectivity index (χ4v) is 3.35. The molecule has 0 radical (unpaired) electrons. The van der Waals surface area contributed by atoms with Gasteiger partial charge in [0, 0.05) is 5.56 Å². The van der Waals surface area contributed by atoms with Gasteiger partial charge in [-0.15, -0.1) is 0 Å². The van der Waals surface area contributed by atoms with Gasteiger partial charge in [-0.05, 0) is 40.6 Å². The Morgan fingerprint density at radius 3 is 2.54 bits per heavy atom. The Morgan fingerprint density at radius 1 is 1.19 bits per heavy atom. The number of fused-ring (bicyclic) bond motifs is 1. The number of hydrogen-bond donors (Lipinski definition) is 3. The van der Waals surface area contributed by atoms with Crippen molar-refractivity contribution in [3.8, 4) is 0 Å². The Kier molecular flexibility index (Phi) is 5.18. The summed E-state index contributed by atoms with van der Waals surface area (Å²) in [6, 6.07) is 13.5. The molecule has 0 aliphatic carbocycles. The zero-order valence-electron chi connectivity index (χ0n) is 15.7. The van der Waals surface area contributed by atoms with Crippen molar-refractivity contribution in [1.29, 1.82) is 0 Å². The third kappa shape index (κ3) is 3.68. The Labute approximate surface area is 154 Å². The summed E-state index contributed by atoms with van der Waals surface area (Å²) in [5.41, 5.74) is 10.1. The Balaban J connectivity index is 1.78. The minimum atomic E-state index is -0.901. The summed E-state index contributed by atoms with van der Waals surface area (Å²) >= 11 is 0. The first-order valence-corrected chi connectivity index (χ1v) is 8.82. The summed E-state index contributed by atoms with van der Waals surface area (Å²) in [6.45, 7) is 8.59. The molecule has 2 aromatic carbocycles. The smallest absolute Gasteiger partial charge is 0.423 e. The lowest BCUT2D eigenvalue weighted by molar-refractivity contribution is 0.0906. The van der Waals surface area contributed by atoms with Crippen molar-refractivity contribution in [2.75, 3.05) is 0 Å². The average Bonchev–Trinajstić information content (AvgIpc) is 2.97. The fourth-order valence-electron chi connectivity index (χ4n) is 3.35. The van der Waals surface area contributed by atoms with E-state index in [1.807, 2.05) is 25.1 Å². The van der Waals surface area contributed by atoms with Gasteiger partial charge in [-0.2, -0.15) is 0 Å². The van der Waals surface area contributed by atoms with Crippen molar-refractivity contribution in [2.45, 2.75) is 40.3 Å². The van der Waals surface area contributed by atoms with E-state index in [2.05, 4.69) is 43.8 Å². The first-order valence-electron chi connectivity index (χ1n) is 8.82. The Bertz CT molecular complexity index is 803. The molecule has 1 unspecified atom stereocenters. The van der Waals surface area contributed by atoms with Crippen molar-refractivity contribution >= 4 is 18.5 Å². The molecule has 0 saturated heterocycles. The van der Waals surface area contributed by atoms with Crippen molar-refractivity contribution in [2.24, 2.45) is 5.41 Å². The molecule has 0 bridgehead atoms. The predicted octanol–water partition coefficient (Wildman–Crippen LogP) is 2.23. The number of hydrogen-bond acceptors (Lipinski definition) is 4.